The topological polar surface area (TPSA) is 97.2 Å². The quantitative estimate of drug-likeness (QED) is 0.332. The number of nitrogens with zero attached hydrogens (tertiary/aromatic N) is 1. The van der Waals surface area contributed by atoms with Crippen LogP contribution in [0.15, 0.2) is 81.1 Å². The maximum Gasteiger partial charge on any atom is 0.335 e. The monoisotopic (exact) mass is 552 g/mol. The molecule has 3 aromatic rings. The third-order valence-electron chi connectivity index (χ3n) is 4.88. The van der Waals surface area contributed by atoms with Crippen molar-refractivity contribution in [2.75, 3.05) is 6.61 Å². The highest BCUT2D eigenvalue weighted by atomic mass is 79.9. The van der Waals surface area contributed by atoms with Gasteiger partial charge in [-0.2, -0.15) is 0 Å². The lowest BCUT2D eigenvalue weighted by Gasteiger charge is -2.09. The highest BCUT2D eigenvalue weighted by Crippen LogP contribution is 2.32. The Morgan fingerprint density at radius 1 is 1.09 bits per heavy atom. The molecule has 0 spiro atoms. The summed E-state index contributed by atoms with van der Waals surface area (Å²) in [6.07, 6.45) is 1.79. The van der Waals surface area contributed by atoms with Gasteiger partial charge in [0.25, 0.3) is 5.91 Å². The van der Waals surface area contributed by atoms with Gasteiger partial charge in [-0.1, -0.05) is 18.2 Å². The van der Waals surface area contributed by atoms with Crippen LogP contribution in [0.1, 0.15) is 28.4 Å². The number of rotatable bonds is 8. The van der Waals surface area contributed by atoms with E-state index < -0.39 is 5.97 Å². The number of carbonyl (C=O) groups is 2. The van der Waals surface area contributed by atoms with Crippen LogP contribution in [0.5, 0.6) is 11.5 Å². The average Bonchev–Trinajstić information content (AvgIpc) is 3.18. The molecule has 7 nitrogen and oxygen atoms in total. The summed E-state index contributed by atoms with van der Waals surface area (Å²) < 4.78 is 12.0. The minimum absolute atomic E-state index is 0.207. The Labute approximate surface area is 215 Å². The first-order valence-corrected chi connectivity index (χ1v) is 12.3. The second kappa shape index (κ2) is 11.2. The fourth-order valence-corrected chi connectivity index (χ4v) is 4.51. The van der Waals surface area contributed by atoms with Crippen LogP contribution in [-0.2, 0) is 11.4 Å². The van der Waals surface area contributed by atoms with Crippen molar-refractivity contribution >= 4 is 56.5 Å². The van der Waals surface area contributed by atoms with Gasteiger partial charge in [-0.15, -0.1) is 0 Å². The number of halogens is 1. The lowest BCUT2D eigenvalue weighted by Crippen LogP contribution is -2.19. The van der Waals surface area contributed by atoms with Crippen molar-refractivity contribution in [3.8, 4) is 11.5 Å². The zero-order chi connectivity index (χ0) is 24.8. The molecule has 1 saturated heterocycles. The van der Waals surface area contributed by atoms with Crippen LogP contribution in [0, 0.1) is 0 Å². The molecule has 2 N–H and O–H groups in total. The predicted octanol–water partition coefficient (Wildman–Crippen LogP) is 6.02. The van der Waals surface area contributed by atoms with Crippen molar-refractivity contribution in [2.24, 2.45) is 4.99 Å². The van der Waals surface area contributed by atoms with Crippen LogP contribution >= 0.6 is 27.7 Å². The van der Waals surface area contributed by atoms with Gasteiger partial charge in [0.1, 0.15) is 18.1 Å². The molecular formula is C26H21BrN2O5S. The molecule has 0 aliphatic carbocycles. The number of carboxylic acid groups (broad SMARTS) is 1. The van der Waals surface area contributed by atoms with E-state index in [2.05, 4.69) is 26.2 Å². The van der Waals surface area contributed by atoms with Crippen molar-refractivity contribution in [1.29, 1.82) is 0 Å². The van der Waals surface area contributed by atoms with Gasteiger partial charge in [0.05, 0.1) is 27.2 Å². The van der Waals surface area contributed by atoms with Crippen molar-refractivity contribution in [3.05, 3.63) is 92.8 Å². The average molecular weight is 553 g/mol. The highest BCUT2D eigenvalue weighted by Gasteiger charge is 2.24. The van der Waals surface area contributed by atoms with E-state index in [9.17, 15) is 9.59 Å². The Bertz CT molecular complexity index is 1300. The molecule has 0 saturated carbocycles. The summed E-state index contributed by atoms with van der Waals surface area (Å²) in [6.45, 7) is 2.82. The summed E-state index contributed by atoms with van der Waals surface area (Å²) in [5.41, 5.74) is 2.63. The van der Waals surface area contributed by atoms with Crippen LogP contribution in [0.25, 0.3) is 6.08 Å². The lowest BCUT2D eigenvalue weighted by atomic mass is 10.1. The SMILES string of the molecule is CCOc1ccc(N=C2NC(=O)C(=Cc3ccc(OCc4ccc(C(=O)O)cc4)c(Br)c3)S2)cc1. The number of carboxylic acids is 1. The van der Waals surface area contributed by atoms with Crippen molar-refractivity contribution in [3.63, 3.8) is 0 Å². The Morgan fingerprint density at radius 3 is 2.49 bits per heavy atom. The standard InChI is InChI=1S/C26H21BrN2O5S/c1-2-33-20-10-8-19(9-11-20)28-26-29-24(30)23(35-26)14-17-5-12-22(21(27)13-17)34-15-16-3-6-18(7-4-16)25(31)32/h3-14H,2,15H2,1H3,(H,31,32)(H,28,29,30). The highest BCUT2D eigenvalue weighted by molar-refractivity contribution is 9.10. The van der Waals surface area contributed by atoms with Crippen molar-refractivity contribution < 1.29 is 24.2 Å². The maximum absolute atomic E-state index is 12.4. The molecule has 0 unspecified atom stereocenters. The van der Waals surface area contributed by atoms with Gasteiger partial charge in [0.15, 0.2) is 5.17 Å². The number of benzene rings is 3. The van der Waals surface area contributed by atoms with Crippen LogP contribution < -0.4 is 14.8 Å². The number of amides is 1. The Hall–Kier alpha value is -3.56. The predicted molar refractivity (Wildman–Crippen MR) is 140 cm³/mol. The zero-order valence-corrected chi connectivity index (χ0v) is 21.1. The molecule has 0 bridgehead atoms. The molecule has 1 amide bonds. The van der Waals surface area contributed by atoms with E-state index in [0.717, 1.165) is 27.0 Å². The molecule has 1 heterocycles. The molecule has 0 radical (unpaired) electrons. The third kappa shape index (κ3) is 6.52. The fourth-order valence-electron chi connectivity index (χ4n) is 3.16. The first-order valence-electron chi connectivity index (χ1n) is 10.7. The van der Waals surface area contributed by atoms with Crippen molar-refractivity contribution in [1.82, 2.24) is 5.32 Å². The first-order chi connectivity index (χ1) is 16.9. The lowest BCUT2D eigenvalue weighted by molar-refractivity contribution is -0.115. The van der Waals surface area contributed by atoms with Gasteiger partial charge in [0.2, 0.25) is 0 Å². The molecule has 9 heteroatoms. The summed E-state index contributed by atoms with van der Waals surface area (Å²) in [5, 5.41) is 12.3. The van der Waals surface area contributed by atoms with E-state index in [-0.39, 0.29) is 11.5 Å². The first kappa shape index (κ1) is 24.6. The van der Waals surface area contributed by atoms with Gasteiger partial charge >= 0.3 is 5.97 Å². The van der Waals surface area contributed by atoms with E-state index in [4.69, 9.17) is 14.6 Å². The van der Waals surface area contributed by atoms with Gasteiger partial charge in [0, 0.05) is 0 Å². The van der Waals surface area contributed by atoms with Gasteiger partial charge in [-0.25, -0.2) is 9.79 Å². The number of hydrogen-bond donors (Lipinski definition) is 2. The van der Waals surface area contributed by atoms with E-state index in [1.54, 1.807) is 30.3 Å². The number of carbonyl (C=O) groups excluding carboxylic acids is 1. The minimum Gasteiger partial charge on any atom is -0.494 e. The number of aliphatic imine (C=N–C) groups is 1. The van der Waals surface area contributed by atoms with E-state index in [1.807, 2.05) is 49.4 Å². The molecule has 35 heavy (non-hydrogen) atoms. The second-order valence-electron chi connectivity index (χ2n) is 7.39. The molecule has 4 rings (SSSR count). The third-order valence-corrected chi connectivity index (χ3v) is 6.41. The Morgan fingerprint density at radius 2 is 1.83 bits per heavy atom. The van der Waals surface area contributed by atoms with E-state index in [1.165, 1.54) is 11.8 Å². The molecule has 1 aliphatic heterocycles. The molecule has 3 aromatic carbocycles. The smallest absolute Gasteiger partial charge is 0.335 e. The number of nitrogens with one attached hydrogen (secondary N) is 1. The molecule has 1 aliphatic rings. The van der Waals surface area contributed by atoms with Gasteiger partial charge in [-0.05, 0) is 100 Å². The molecule has 0 atom stereocenters. The maximum atomic E-state index is 12.4. The van der Waals surface area contributed by atoms with E-state index >= 15 is 0 Å². The van der Waals surface area contributed by atoms with Crippen LogP contribution in [0.2, 0.25) is 0 Å². The normalized spacial score (nSPS) is 15.3. The number of ether oxygens (including phenoxy) is 2. The molecule has 1 fully saturated rings. The van der Waals surface area contributed by atoms with E-state index in [0.29, 0.717) is 29.0 Å². The number of aromatic carboxylic acids is 1. The van der Waals surface area contributed by atoms with Crippen LogP contribution in [0.3, 0.4) is 0 Å². The fraction of sp³-hybridized carbons (Fsp3) is 0.115. The Balaban J connectivity index is 1.40. The second-order valence-corrected chi connectivity index (χ2v) is 9.27. The number of thioether (sulfide) groups is 1. The summed E-state index contributed by atoms with van der Waals surface area (Å²) in [5.74, 6) is 0.236. The molecular weight excluding hydrogens is 532 g/mol. The van der Waals surface area contributed by atoms with Crippen LogP contribution in [-0.4, -0.2) is 28.8 Å². The molecule has 178 valence electrons. The van der Waals surface area contributed by atoms with Crippen LogP contribution in [0.4, 0.5) is 5.69 Å². The summed E-state index contributed by atoms with van der Waals surface area (Å²) in [4.78, 5) is 28.4. The van der Waals surface area contributed by atoms with Gasteiger partial charge in [-0.3, -0.25) is 4.79 Å². The largest absolute Gasteiger partial charge is 0.494 e. The van der Waals surface area contributed by atoms with Gasteiger partial charge < -0.3 is 19.9 Å². The number of hydrogen-bond acceptors (Lipinski definition) is 6. The summed E-state index contributed by atoms with van der Waals surface area (Å²) in [6, 6.07) is 19.4. The number of amidine groups is 1. The summed E-state index contributed by atoms with van der Waals surface area (Å²) >= 11 is 4.79. The summed E-state index contributed by atoms with van der Waals surface area (Å²) in [7, 11) is 0. The molecule has 0 aromatic heterocycles. The Kier molecular flexibility index (Phi) is 7.89. The minimum atomic E-state index is -0.964. The zero-order valence-electron chi connectivity index (χ0n) is 18.7. The van der Waals surface area contributed by atoms with Crippen molar-refractivity contribution in [2.45, 2.75) is 13.5 Å².